The van der Waals surface area contributed by atoms with Gasteiger partial charge in [-0.3, -0.25) is 9.59 Å². The van der Waals surface area contributed by atoms with Crippen molar-refractivity contribution in [3.63, 3.8) is 0 Å². The summed E-state index contributed by atoms with van der Waals surface area (Å²) in [4.78, 5) is 28.7. The highest BCUT2D eigenvalue weighted by Crippen LogP contribution is 2.28. The molecular weight excluding hydrogens is 579 g/mol. The smallest absolute Gasteiger partial charge is 0.243 e. The van der Waals surface area contributed by atoms with Gasteiger partial charge in [-0.1, -0.05) is 87.7 Å². The Morgan fingerprint density at radius 1 is 0.944 bits per heavy atom. The zero-order chi connectivity index (χ0) is 26.1. The zero-order valence-electron chi connectivity index (χ0n) is 20.2. The van der Waals surface area contributed by atoms with Gasteiger partial charge in [0.1, 0.15) is 6.04 Å². The second-order valence-electron chi connectivity index (χ2n) is 8.71. The van der Waals surface area contributed by atoms with Crippen molar-refractivity contribution in [2.24, 2.45) is 0 Å². The van der Waals surface area contributed by atoms with Gasteiger partial charge >= 0.3 is 0 Å². The van der Waals surface area contributed by atoms with Crippen LogP contribution in [-0.2, 0) is 28.3 Å². The van der Waals surface area contributed by atoms with Crippen molar-refractivity contribution >= 4 is 62.7 Å². The first-order valence-corrected chi connectivity index (χ1v) is 14.3. The first-order chi connectivity index (χ1) is 17.2. The van der Waals surface area contributed by atoms with Crippen molar-refractivity contribution in [2.75, 3.05) is 5.75 Å². The molecule has 0 spiro atoms. The molecule has 0 aromatic heterocycles. The van der Waals surface area contributed by atoms with E-state index < -0.39 is 6.04 Å². The molecule has 3 aromatic carbocycles. The number of rotatable bonds is 11. The van der Waals surface area contributed by atoms with Gasteiger partial charge < -0.3 is 10.2 Å². The number of nitrogens with zero attached hydrogens (tertiary/aromatic N) is 1. The summed E-state index contributed by atoms with van der Waals surface area (Å²) < 4.78 is 0.918. The van der Waals surface area contributed by atoms with E-state index in [0.717, 1.165) is 21.2 Å². The van der Waals surface area contributed by atoms with Crippen LogP contribution in [0.3, 0.4) is 0 Å². The monoisotopic (exact) mass is 606 g/mol. The van der Waals surface area contributed by atoms with Gasteiger partial charge in [0.15, 0.2) is 0 Å². The first-order valence-electron chi connectivity index (χ1n) is 11.6. The van der Waals surface area contributed by atoms with Crippen molar-refractivity contribution < 1.29 is 9.59 Å². The molecule has 36 heavy (non-hydrogen) atoms. The Kier molecular flexibility index (Phi) is 11.2. The van der Waals surface area contributed by atoms with Crippen LogP contribution in [0.1, 0.15) is 30.5 Å². The number of nitrogens with one attached hydrogen (secondary N) is 1. The fourth-order valence-corrected chi connectivity index (χ4v) is 5.85. The normalized spacial score (nSPS) is 11.8. The van der Waals surface area contributed by atoms with E-state index in [1.165, 1.54) is 11.8 Å². The standard InChI is InChI=1S/C28H29BrCl2N2O2S/c1-19(2)32-28(35)26(15-20-8-4-3-5-9-20)33(16-21-10-6-11-22(29)14-21)27(34)18-36-17-23-24(30)12-7-13-25(23)31/h3-14,19,26H,15-18H2,1-2H3,(H,32,35). The van der Waals surface area contributed by atoms with Crippen LogP contribution in [-0.4, -0.2) is 34.6 Å². The third-order valence-electron chi connectivity index (χ3n) is 5.48. The molecular formula is C28H29BrCl2N2O2S. The van der Waals surface area contributed by atoms with Crippen LogP contribution in [0.15, 0.2) is 77.3 Å². The van der Waals surface area contributed by atoms with Gasteiger partial charge in [-0.05, 0) is 54.8 Å². The minimum Gasteiger partial charge on any atom is -0.352 e. The molecule has 0 radical (unpaired) electrons. The van der Waals surface area contributed by atoms with Crippen molar-refractivity contribution in [1.82, 2.24) is 10.2 Å². The van der Waals surface area contributed by atoms with Crippen molar-refractivity contribution in [3.8, 4) is 0 Å². The zero-order valence-corrected chi connectivity index (χ0v) is 24.1. The minimum absolute atomic E-state index is 0.0460. The van der Waals surface area contributed by atoms with E-state index in [0.29, 0.717) is 28.8 Å². The minimum atomic E-state index is -0.661. The highest BCUT2D eigenvalue weighted by atomic mass is 79.9. The molecule has 3 aromatic rings. The maximum atomic E-state index is 13.7. The fourth-order valence-electron chi connectivity index (χ4n) is 3.76. The third-order valence-corrected chi connectivity index (χ3v) is 7.62. The van der Waals surface area contributed by atoms with Gasteiger partial charge in [0.2, 0.25) is 11.8 Å². The molecule has 0 bridgehead atoms. The molecule has 0 heterocycles. The molecule has 0 fully saturated rings. The second-order valence-corrected chi connectivity index (χ2v) is 11.4. The largest absolute Gasteiger partial charge is 0.352 e. The summed E-state index contributed by atoms with van der Waals surface area (Å²) in [6.07, 6.45) is 0.417. The van der Waals surface area contributed by atoms with Gasteiger partial charge in [-0.2, -0.15) is 0 Å². The Labute approximate surface area is 235 Å². The van der Waals surface area contributed by atoms with E-state index >= 15 is 0 Å². The van der Waals surface area contributed by atoms with Crippen molar-refractivity contribution in [2.45, 2.75) is 44.6 Å². The number of halogens is 3. The summed E-state index contributed by atoms with van der Waals surface area (Å²) in [7, 11) is 0. The Morgan fingerprint density at radius 2 is 1.58 bits per heavy atom. The topological polar surface area (TPSA) is 49.4 Å². The number of amides is 2. The molecule has 1 atom stereocenters. The SMILES string of the molecule is CC(C)NC(=O)C(Cc1ccccc1)N(Cc1cccc(Br)c1)C(=O)CSCc1c(Cl)cccc1Cl. The lowest BCUT2D eigenvalue weighted by Crippen LogP contribution is -2.52. The van der Waals surface area contributed by atoms with Crippen LogP contribution >= 0.6 is 50.9 Å². The maximum Gasteiger partial charge on any atom is 0.243 e. The molecule has 8 heteroatoms. The molecule has 0 aliphatic heterocycles. The lowest BCUT2D eigenvalue weighted by Gasteiger charge is -2.32. The summed E-state index contributed by atoms with van der Waals surface area (Å²) in [5.41, 5.74) is 2.73. The highest BCUT2D eigenvalue weighted by molar-refractivity contribution is 9.10. The molecule has 1 N–H and O–H groups in total. The molecule has 1 unspecified atom stereocenters. The molecule has 0 saturated heterocycles. The number of hydrogen-bond acceptors (Lipinski definition) is 3. The third kappa shape index (κ3) is 8.55. The number of carbonyl (C=O) groups is 2. The molecule has 2 amide bonds. The Hall–Kier alpha value is -1.99. The second kappa shape index (κ2) is 14.1. The van der Waals surface area contributed by atoms with Crippen LogP contribution in [0.25, 0.3) is 0 Å². The maximum absolute atomic E-state index is 13.7. The summed E-state index contributed by atoms with van der Waals surface area (Å²) >= 11 is 17.6. The highest BCUT2D eigenvalue weighted by Gasteiger charge is 2.30. The Bertz CT molecular complexity index is 1160. The molecule has 3 rings (SSSR count). The number of benzene rings is 3. The van der Waals surface area contributed by atoms with Gasteiger partial charge in [0, 0.05) is 39.3 Å². The Balaban J connectivity index is 1.87. The van der Waals surface area contributed by atoms with E-state index in [1.807, 2.05) is 68.4 Å². The lowest BCUT2D eigenvalue weighted by atomic mass is 10.0. The van der Waals surface area contributed by atoms with E-state index in [-0.39, 0.29) is 23.6 Å². The molecule has 0 aliphatic carbocycles. The summed E-state index contributed by atoms with van der Waals surface area (Å²) in [5.74, 6) is 0.395. The van der Waals surface area contributed by atoms with Crippen molar-refractivity contribution in [1.29, 1.82) is 0 Å². The van der Waals surface area contributed by atoms with E-state index in [9.17, 15) is 9.59 Å². The van der Waals surface area contributed by atoms with Crippen LogP contribution in [0.4, 0.5) is 0 Å². The van der Waals surface area contributed by atoms with Crippen molar-refractivity contribution in [3.05, 3.63) is 104 Å². The average Bonchev–Trinajstić information content (AvgIpc) is 2.83. The fraction of sp³-hybridized carbons (Fsp3) is 0.286. The summed E-state index contributed by atoms with van der Waals surface area (Å²) in [6.45, 7) is 4.15. The number of hydrogen-bond donors (Lipinski definition) is 1. The molecule has 0 saturated carbocycles. The van der Waals surface area contributed by atoms with Crippen LogP contribution in [0.2, 0.25) is 10.0 Å². The van der Waals surface area contributed by atoms with Gasteiger partial charge in [0.05, 0.1) is 5.75 Å². The first kappa shape index (κ1) is 28.6. The van der Waals surface area contributed by atoms with Gasteiger partial charge in [-0.15, -0.1) is 11.8 Å². The lowest BCUT2D eigenvalue weighted by molar-refractivity contribution is -0.139. The summed E-state index contributed by atoms with van der Waals surface area (Å²) in [5, 5.41) is 4.16. The predicted octanol–water partition coefficient (Wildman–Crippen LogP) is 7.15. The van der Waals surface area contributed by atoms with E-state index in [4.69, 9.17) is 23.2 Å². The average molecular weight is 608 g/mol. The number of thioether (sulfide) groups is 1. The molecule has 4 nitrogen and oxygen atoms in total. The van der Waals surface area contributed by atoms with Crippen LogP contribution < -0.4 is 5.32 Å². The number of carbonyl (C=O) groups excluding carboxylic acids is 2. The molecule has 0 aliphatic rings. The van der Waals surface area contributed by atoms with Crippen LogP contribution in [0, 0.1) is 0 Å². The van der Waals surface area contributed by atoms with E-state index in [2.05, 4.69) is 21.2 Å². The summed E-state index contributed by atoms with van der Waals surface area (Å²) in [6, 6.07) is 22.2. The van der Waals surface area contributed by atoms with Gasteiger partial charge in [0.25, 0.3) is 0 Å². The van der Waals surface area contributed by atoms with Crippen LogP contribution in [0.5, 0.6) is 0 Å². The van der Waals surface area contributed by atoms with E-state index in [1.54, 1.807) is 23.1 Å². The quantitative estimate of drug-likeness (QED) is 0.252. The predicted molar refractivity (Wildman–Crippen MR) is 155 cm³/mol. The van der Waals surface area contributed by atoms with Gasteiger partial charge in [-0.25, -0.2) is 0 Å². The molecule has 190 valence electrons. The Morgan fingerprint density at radius 3 is 2.22 bits per heavy atom.